The molecule has 5 nitrogen and oxygen atoms in total. The molecule has 0 heterocycles. The van der Waals surface area contributed by atoms with E-state index in [2.05, 4.69) is 23.3 Å². The molecular weight excluding hydrogens is 441 g/mol. The maximum atomic E-state index is 6.00. The quantitative estimate of drug-likeness (QED) is 0.353. The Bertz CT molecular complexity index is 702. The first-order valence-electron chi connectivity index (χ1n) is 8.46. The second-order valence-corrected chi connectivity index (χ2v) is 6.18. The summed E-state index contributed by atoms with van der Waals surface area (Å²) in [6, 6.07) is 15.6. The number of hydrogen-bond acceptors (Lipinski definition) is 3. The zero-order chi connectivity index (χ0) is 18.2. The molecule has 1 atom stereocenters. The lowest BCUT2D eigenvalue weighted by Crippen LogP contribution is -2.23. The number of nitrogens with one attached hydrogen (secondary N) is 1. The number of para-hydroxylation sites is 1. The van der Waals surface area contributed by atoms with E-state index >= 15 is 0 Å². The average Bonchev–Trinajstić information content (AvgIpc) is 2.61. The van der Waals surface area contributed by atoms with Gasteiger partial charge in [-0.25, -0.2) is 0 Å². The van der Waals surface area contributed by atoms with Gasteiger partial charge in [-0.15, -0.1) is 24.0 Å². The number of nitrogens with zero attached hydrogens (tertiary/aromatic N) is 1. The first-order valence-corrected chi connectivity index (χ1v) is 8.46. The molecule has 1 unspecified atom stereocenters. The van der Waals surface area contributed by atoms with Crippen molar-refractivity contribution in [1.82, 2.24) is 0 Å². The summed E-state index contributed by atoms with van der Waals surface area (Å²) in [6.07, 6.45) is 0.155. The number of ether oxygens (including phenoxy) is 2. The lowest BCUT2D eigenvalue weighted by Gasteiger charge is -2.14. The zero-order valence-electron chi connectivity index (χ0n) is 15.7. The van der Waals surface area contributed by atoms with Crippen LogP contribution >= 0.6 is 24.0 Å². The van der Waals surface area contributed by atoms with Crippen LogP contribution in [0.15, 0.2) is 53.5 Å². The van der Waals surface area contributed by atoms with Gasteiger partial charge in [-0.2, -0.15) is 0 Å². The third-order valence-corrected chi connectivity index (χ3v) is 3.70. The van der Waals surface area contributed by atoms with Crippen molar-refractivity contribution in [3.8, 4) is 11.5 Å². The third kappa shape index (κ3) is 6.74. The Hall–Kier alpha value is -1.96. The number of rotatable bonds is 7. The molecule has 0 radical (unpaired) electrons. The van der Waals surface area contributed by atoms with Gasteiger partial charge in [-0.1, -0.05) is 25.1 Å². The van der Waals surface area contributed by atoms with Crippen LogP contribution in [0.3, 0.4) is 0 Å². The van der Waals surface area contributed by atoms with Crippen molar-refractivity contribution < 1.29 is 9.47 Å². The van der Waals surface area contributed by atoms with Crippen molar-refractivity contribution in [3.05, 3.63) is 54.1 Å². The molecule has 0 saturated heterocycles. The largest absolute Gasteiger partial charge is 0.496 e. The molecule has 0 aromatic heterocycles. The number of aliphatic imine (C=N–C) groups is 1. The molecular formula is C20H28IN3O2. The van der Waals surface area contributed by atoms with E-state index in [0.717, 1.165) is 22.7 Å². The van der Waals surface area contributed by atoms with Gasteiger partial charge in [0.05, 0.1) is 13.2 Å². The Kier molecular flexibility index (Phi) is 9.26. The number of nitrogens with two attached hydrogens (primary N) is 1. The smallest absolute Gasteiger partial charge is 0.193 e. The van der Waals surface area contributed by atoms with Gasteiger partial charge in [0.2, 0.25) is 0 Å². The standard InChI is InChI=1S/C20H27N3O2.HI/c1-14(2)25-17-11-9-16(10-12-17)23-20(21)22-13-15(3)18-7-5-6-8-19(18)24-4;/h5-12,14-15H,13H2,1-4H3,(H3,21,22,23);1H. The molecule has 0 fully saturated rings. The van der Waals surface area contributed by atoms with Crippen molar-refractivity contribution in [2.45, 2.75) is 32.8 Å². The maximum absolute atomic E-state index is 6.00. The van der Waals surface area contributed by atoms with Crippen molar-refractivity contribution in [2.24, 2.45) is 10.7 Å². The molecule has 0 aliphatic heterocycles. The lowest BCUT2D eigenvalue weighted by atomic mass is 10.0. The highest BCUT2D eigenvalue weighted by Crippen LogP contribution is 2.26. The van der Waals surface area contributed by atoms with E-state index in [0.29, 0.717) is 12.5 Å². The molecule has 0 spiro atoms. The molecule has 2 aromatic rings. The van der Waals surface area contributed by atoms with E-state index in [1.807, 2.05) is 56.3 Å². The van der Waals surface area contributed by atoms with Gasteiger partial charge in [-0.3, -0.25) is 4.99 Å². The van der Waals surface area contributed by atoms with E-state index in [-0.39, 0.29) is 36.0 Å². The summed E-state index contributed by atoms with van der Waals surface area (Å²) in [5.41, 5.74) is 8.00. The van der Waals surface area contributed by atoms with Crippen LogP contribution < -0.4 is 20.5 Å². The molecule has 26 heavy (non-hydrogen) atoms. The van der Waals surface area contributed by atoms with Gasteiger partial charge in [0.1, 0.15) is 11.5 Å². The van der Waals surface area contributed by atoms with E-state index in [1.54, 1.807) is 7.11 Å². The third-order valence-electron chi connectivity index (χ3n) is 3.70. The highest BCUT2D eigenvalue weighted by molar-refractivity contribution is 14.0. The number of anilines is 1. The van der Waals surface area contributed by atoms with Crippen LogP contribution in [0.2, 0.25) is 0 Å². The first-order chi connectivity index (χ1) is 12.0. The lowest BCUT2D eigenvalue weighted by molar-refractivity contribution is 0.242. The average molecular weight is 469 g/mol. The molecule has 0 aliphatic rings. The summed E-state index contributed by atoms with van der Waals surface area (Å²) >= 11 is 0. The molecule has 0 amide bonds. The van der Waals surface area contributed by atoms with Gasteiger partial charge in [0.25, 0.3) is 0 Å². The zero-order valence-corrected chi connectivity index (χ0v) is 18.1. The van der Waals surface area contributed by atoms with Gasteiger partial charge in [-0.05, 0) is 49.7 Å². The molecule has 2 aromatic carbocycles. The minimum Gasteiger partial charge on any atom is -0.496 e. The predicted octanol–water partition coefficient (Wildman–Crippen LogP) is 4.63. The normalized spacial score (nSPS) is 12.3. The van der Waals surface area contributed by atoms with E-state index < -0.39 is 0 Å². The summed E-state index contributed by atoms with van der Waals surface area (Å²) in [6.45, 7) is 6.68. The Morgan fingerprint density at radius 1 is 1.08 bits per heavy atom. The summed E-state index contributed by atoms with van der Waals surface area (Å²) in [5.74, 6) is 2.30. The topological polar surface area (TPSA) is 68.9 Å². The fourth-order valence-corrected chi connectivity index (χ4v) is 2.48. The molecule has 6 heteroatoms. The summed E-state index contributed by atoms with van der Waals surface area (Å²) in [5, 5.41) is 3.10. The summed E-state index contributed by atoms with van der Waals surface area (Å²) < 4.78 is 11.0. The van der Waals surface area contributed by atoms with Crippen molar-refractivity contribution in [3.63, 3.8) is 0 Å². The Balaban J connectivity index is 0.00000338. The van der Waals surface area contributed by atoms with Gasteiger partial charge >= 0.3 is 0 Å². The van der Waals surface area contributed by atoms with Gasteiger partial charge < -0.3 is 20.5 Å². The summed E-state index contributed by atoms with van der Waals surface area (Å²) in [4.78, 5) is 4.44. The SMILES string of the molecule is COc1ccccc1C(C)CN=C(N)Nc1ccc(OC(C)C)cc1.I. The van der Waals surface area contributed by atoms with Crippen molar-refractivity contribution in [2.75, 3.05) is 19.0 Å². The van der Waals surface area contributed by atoms with Crippen LogP contribution in [0.25, 0.3) is 0 Å². The number of hydrogen-bond donors (Lipinski definition) is 2. The molecule has 142 valence electrons. The minimum absolute atomic E-state index is 0. The van der Waals surface area contributed by atoms with Crippen LogP contribution in [-0.4, -0.2) is 25.7 Å². The Morgan fingerprint density at radius 2 is 1.73 bits per heavy atom. The summed E-state index contributed by atoms with van der Waals surface area (Å²) in [7, 11) is 1.68. The number of benzene rings is 2. The molecule has 3 N–H and O–H groups in total. The highest BCUT2D eigenvalue weighted by Gasteiger charge is 2.10. The van der Waals surface area contributed by atoms with E-state index in [4.69, 9.17) is 15.2 Å². The van der Waals surface area contributed by atoms with E-state index in [9.17, 15) is 0 Å². The second-order valence-electron chi connectivity index (χ2n) is 6.18. The second kappa shape index (κ2) is 10.9. The maximum Gasteiger partial charge on any atom is 0.193 e. The Morgan fingerprint density at radius 3 is 2.35 bits per heavy atom. The van der Waals surface area contributed by atoms with Crippen LogP contribution in [0.1, 0.15) is 32.3 Å². The fourth-order valence-electron chi connectivity index (χ4n) is 2.48. The van der Waals surface area contributed by atoms with Gasteiger partial charge in [0, 0.05) is 18.2 Å². The van der Waals surface area contributed by atoms with Crippen molar-refractivity contribution >= 4 is 35.6 Å². The molecule has 0 bridgehead atoms. The number of methoxy groups -OCH3 is 1. The number of guanidine groups is 1. The van der Waals surface area contributed by atoms with Crippen molar-refractivity contribution in [1.29, 1.82) is 0 Å². The highest BCUT2D eigenvalue weighted by atomic mass is 127. The predicted molar refractivity (Wildman–Crippen MR) is 119 cm³/mol. The fraction of sp³-hybridized carbons (Fsp3) is 0.350. The van der Waals surface area contributed by atoms with Crippen LogP contribution in [0.5, 0.6) is 11.5 Å². The molecule has 0 aliphatic carbocycles. The van der Waals surface area contributed by atoms with Crippen LogP contribution in [0.4, 0.5) is 5.69 Å². The van der Waals surface area contributed by atoms with Crippen LogP contribution in [-0.2, 0) is 0 Å². The Labute approximate surface area is 173 Å². The molecule has 0 saturated carbocycles. The first kappa shape index (κ1) is 22.1. The number of halogens is 1. The molecule has 2 rings (SSSR count). The minimum atomic E-state index is 0. The monoisotopic (exact) mass is 469 g/mol. The van der Waals surface area contributed by atoms with Gasteiger partial charge in [0.15, 0.2) is 5.96 Å². The van der Waals surface area contributed by atoms with E-state index in [1.165, 1.54) is 0 Å². The van der Waals surface area contributed by atoms with Crippen LogP contribution in [0, 0.1) is 0 Å².